The van der Waals surface area contributed by atoms with Crippen LogP contribution in [0.4, 0.5) is 0 Å². The van der Waals surface area contributed by atoms with Crippen molar-refractivity contribution < 1.29 is 9.53 Å². The van der Waals surface area contributed by atoms with Crippen molar-refractivity contribution in [2.24, 2.45) is 0 Å². The van der Waals surface area contributed by atoms with Gasteiger partial charge in [0.2, 0.25) is 0 Å². The number of carbonyl (C=O) groups is 1. The fraction of sp³-hybridized carbons (Fsp3) is 0.250. The van der Waals surface area contributed by atoms with Crippen LogP contribution in [0.3, 0.4) is 0 Å². The quantitative estimate of drug-likeness (QED) is 0.876. The molecule has 0 aliphatic rings. The summed E-state index contributed by atoms with van der Waals surface area (Å²) in [7, 11) is 0. The number of nitrogens with zero attached hydrogens (tertiary/aromatic N) is 1. The van der Waals surface area contributed by atoms with Gasteiger partial charge in [0.05, 0.1) is 0 Å². The van der Waals surface area contributed by atoms with Gasteiger partial charge in [-0.3, -0.25) is 9.78 Å². The molecule has 4 nitrogen and oxygen atoms in total. The summed E-state index contributed by atoms with van der Waals surface area (Å²) in [6.07, 6.45) is 4.38. The predicted octanol–water partition coefficient (Wildman–Crippen LogP) is 2.34. The van der Waals surface area contributed by atoms with E-state index >= 15 is 0 Å². The molecule has 1 aromatic heterocycles. The van der Waals surface area contributed by atoms with Crippen molar-refractivity contribution in [2.45, 2.75) is 19.9 Å². The number of benzene rings is 1. The third-order valence-corrected chi connectivity index (χ3v) is 2.89. The van der Waals surface area contributed by atoms with Gasteiger partial charge in [-0.15, -0.1) is 0 Å². The number of carbonyl (C=O) groups excluding carboxylic acids is 1. The standard InChI is InChI=1S/C16H18N2O2/c1-2-13-5-3-7-15(9-13)20-12-16(19)18-11-14-6-4-8-17-10-14/h3-10H,2,11-12H2,1H3,(H,18,19). The Balaban J connectivity index is 1.77. The van der Waals surface area contributed by atoms with Crippen LogP contribution in [0.5, 0.6) is 5.75 Å². The van der Waals surface area contributed by atoms with Crippen LogP contribution >= 0.6 is 0 Å². The van der Waals surface area contributed by atoms with E-state index in [4.69, 9.17) is 4.74 Å². The minimum absolute atomic E-state index is 0.0213. The van der Waals surface area contributed by atoms with E-state index in [2.05, 4.69) is 17.2 Å². The third kappa shape index (κ3) is 4.39. The molecule has 2 aromatic rings. The first-order valence-electron chi connectivity index (χ1n) is 6.65. The first-order chi connectivity index (χ1) is 9.78. The van der Waals surface area contributed by atoms with E-state index in [1.165, 1.54) is 5.56 Å². The van der Waals surface area contributed by atoms with E-state index in [-0.39, 0.29) is 12.5 Å². The summed E-state index contributed by atoms with van der Waals surface area (Å²) in [6, 6.07) is 11.5. The van der Waals surface area contributed by atoms with Gasteiger partial charge in [-0.25, -0.2) is 0 Å². The zero-order chi connectivity index (χ0) is 14.2. The van der Waals surface area contributed by atoms with Crippen LogP contribution in [-0.4, -0.2) is 17.5 Å². The number of hydrogen-bond donors (Lipinski definition) is 1. The third-order valence-electron chi connectivity index (χ3n) is 2.89. The molecule has 0 aliphatic heterocycles. The monoisotopic (exact) mass is 270 g/mol. The number of nitrogens with one attached hydrogen (secondary N) is 1. The molecule has 0 fully saturated rings. The highest BCUT2D eigenvalue weighted by Crippen LogP contribution is 2.13. The number of amides is 1. The van der Waals surface area contributed by atoms with E-state index in [1.54, 1.807) is 12.4 Å². The molecule has 0 spiro atoms. The lowest BCUT2D eigenvalue weighted by atomic mass is 10.2. The molecule has 0 unspecified atom stereocenters. The van der Waals surface area contributed by atoms with Gasteiger partial charge < -0.3 is 10.1 Å². The second-order valence-electron chi connectivity index (χ2n) is 4.43. The van der Waals surface area contributed by atoms with E-state index in [1.807, 2.05) is 36.4 Å². The predicted molar refractivity (Wildman–Crippen MR) is 77.4 cm³/mol. The summed E-state index contributed by atoms with van der Waals surface area (Å²) >= 11 is 0. The Hall–Kier alpha value is -2.36. The molecule has 0 radical (unpaired) electrons. The molecule has 1 amide bonds. The smallest absolute Gasteiger partial charge is 0.258 e. The fourth-order valence-corrected chi connectivity index (χ4v) is 1.76. The van der Waals surface area contributed by atoms with Crippen LogP contribution in [0.15, 0.2) is 48.8 Å². The van der Waals surface area contributed by atoms with Gasteiger partial charge in [-0.1, -0.05) is 25.1 Å². The van der Waals surface area contributed by atoms with E-state index < -0.39 is 0 Å². The molecule has 0 aliphatic carbocycles. The zero-order valence-electron chi connectivity index (χ0n) is 11.5. The maximum atomic E-state index is 11.7. The van der Waals surface area contributed by atoms with Gasteiger partial charge in [0.25, 0.3) is 5.91 Å². The Kier molecular flexibility index (Phi) is 5.12. The van der Waals surface area contributed by atoms with Crippen LogP contribution in [0.2, 0.25) is 0 Å². The summed E-state index contributed by atoms with van der Waals surface area (Å²) in [5.74, 6) is 0.580. The highest BCUT2D eigenvalue weighted by Gasteiger charge is 2.03. The second-order valence-corrected chi connectivity index (χ2v) is 4.43. The summed E-state index contributed by atoms with van der Waals surface area (Å²) in [6.45, 7) is 2.57. The molecule has 4 heteroatoms. The lowest BCUT2D eigenvalue weighted by Crippen LogP contribution is -2.28. The lowest BCUT2D eigenvalue weighted by Gasteiger charge is -2.08. The normalized spacial score (nSPS) is 10.1. The number of hydrogen-bond acceptors (Lipinski definition) is 3. The molecule has 2 rings (SSSR count). The van der Waals surface area contributed by atoms with Gasteiger partial charge in [0, 0.05) is 18.9 Å². The minimum atomic E-state index is -0.143. The van der Waals surface area contributed by atoms with Crippen LogP contribution in [-0.2, 0) is 17.8 Å². The molecule has 0 saturated carbocycles. The molecular weight excluding hydrogens is 252 g/mol. The van der Waals surface area contributed by atoms with Gasteiger partial charge in [0.1, 0.15) is 5.75 Å². The molecule has 20 heavy (non-hydrogen) atoms. The average Bonchev–Trinajstić information content (AvgIpc) is 2.52. The minimum Gasteiger partial charge on any atom is -0.484 e. The average molecular weight is 270 g/mol. The first-order valence-corrected chi connectivity index (χ1v) is 6.65. The SMILES string of the molecule is CCc1cccc(OCC(=O)NCc2cccnc2)c1. The Morgan fingerprint density at radius 2 is 2.10 bits per heavy atom. The van der Waals surface area contributed by atoms with Crippen molar-refractivity contribution in [3.8, 4) is 5.75 Å². The van der Waals surface area contributed by atoms with Crippen molar-refractivity contribution in [1.29, 1.82) is 0 Å². The molecule has 104 valence electrons. The summed E-state index contributed by atoms with van der Waals surface area (Å²) in [4.78, 5) is 15.7. The lowest BCUT2D eigenvalue weighted by molar-refractivity contribution is -0.123. The Morgan fingerprint density at radius 3 is 2.85 bits per heavy atom. The molecule has 1 N–H and O–H groups in total. The number of rotatable bonds is 6. The molecule has 0 saturated heterocycles. The molecule has 0 bridgehead atoms. The highest BCUT2D eigenvalue weighted by molar-refractivity contribution is 5.77. The second kappa shape index (κ2) is 7.28. The van der Waals surface area contributed by atoms with E-state index in [9.17, 15) is 4.79 Å². The van der Waals surface area contributed by atoms with Crippen molar-refractivity contribution >= 4 is 5.91 Å². The maximum absolute atomic E-state index is 11.7. The Labute approximate surface area is 118 Å². The number of pyridine rings is 1. The number of ether oxygens (including phenoxy) is 1. The van der Waals surface area contributed by atoms with Crippen LogP contribution in [0, 0.1) is 0 Å². The molecule has 1 heterocycles. The topological polar surface area (TPSA) is 51.2 Å². The summed E-state index contributed by atoms with van der Waals surface area (Å²) in [5.41, 5.74) is 2.16. The van der Waals surface area contributed by atoms with Gasteiger partial charge in [-0.05, 0) is 35.7 Å². The summed E-state index contributed by atoms with van der Waals surface area (Å²) < 4.78 is 5.47. The van der Waals surface area contributed by atoms with Crippen LogP contribution in [0.1, 0.15) is 18.1 Å². The zero-order valence-corrected chi connectivity index (χ0v) is 11.5. The fourth-order valence-electron chi connectivity index (χ4n) is 1.76. The van der Waals surface area contributed by atoms with Crippen LogP contribution < -0.4 is 10.1 Å². The van der Waals surface area contributed by atoms with Crippen molar-refractivity contribution in [3.05, 3.63) is 59.9 Å². The van der Waals surface area contributed by atoms with E-state index in [0.29, 0.717) is 6.54 Å². The number of aryl methyl sites for hydroxylation is 1. The van der Waals surface area contributed by atoms with Gasteiger partial charge >= 0.3 is 0 Å². The molecule has 1 aromatic carbocycles. The Bertz CT molecular complexity index is 555. The molecule has 0 atom stereocenters. The van der Waals surface area contributed by atoms with Crippen molar-refractivity contribution in [1.82, 2.24) is 10.3 Å². The maximum Gasteiger partial charge on any atom is 0.258 e. The van der Waals surface area contributed by atoms with Crippen molar-refractivity contribution in [2.75, 3.05) is 6.61 Å². The summed E-state index contributed by atoms with van der Waals surface area (Å²) in [5, 5.41) is 2.79. The first kappa shape index (κ1) is 14.1. The largest absolute Gasteiger partial charge is 0.484 e. The van der Waals surface area contributed by atoms with Crippen molar-refractivity contribution in [3.63, 3.8) is 0 Å². The highest BCUT2D eigenvalue weighted by atomic mass is 16.5. The van der Waals surface area contributed by atoms with Crippen LogP contribution in [0.25, 0.3) is 0 Å². The number of aromatic nitrogens is 1. The van der Waals surface area contributed by atoms with Gasteiger partial charge in [-0.2, -0.15) is 0 Å². The molecular formula is C16H18N2O2. The van der Waals surface area contributed by atoms with E-state index in [0.717, 1.165) is 17.7 Å². The van der Waals surface area contributed by atoms with Gasteiger partial charge in [0.15, 0.2) is 6.61 Å². The Morgan fingerprint density at radius 1 is 1.25 bits per heavy atom.